The van der Waals surface area contributed by atoms with Crippen LogP contribution in [0.5, 0.6) is 0 Å². The Morgan fingerprint density at radius 1 is 1.15 bits per heavy atom. The predicted molar refractivity (Wildman–Crippen MR) is 89.0 cm³/mol. The molecular weight excluding hydrogens is 387 g/mol. The van der Waals surface area contributed by atoms with E-state index in [0.717, 1.165) is 9.13 Å². The quantitative estimate of drug-likeness (QED) is 0.773. The Morgan fingerprint density at radius 2 is 1.80 bits per heavy atom. The molecule has 0 atom stereocenters. The molecule has 0 aromatic heterocycles. The molecule has 0 aliphatic carbocycles. The molecule has 0 saturated heterocycles. The van der Waals surface area contributed by atoms with Gasteiger partial charge in [-0.05, 0) is 71.0 Å². The van der Waals surface area contributed by atoms with Gasteiger partial charge < -0.3 is 5.73 Å². The summed E-state index contributed by atoms with van der Waals surface area (Å²) in [4.78, 5) is 0.263. The van der Waals surface area contributed by atoms with Gasteiger partial charge in [0.05, 0.1) is 4.90 Å². The first kappa shape index (κ1) is 15.3. The lowest BCUT2D eigenvalue weighted by molar-refractivity contribution is 0.600. The minimum atomic E-state index is -3.60. The fraction of sp³-hybridized carbons (Fsp3) is 0.143. The smallest absolute Gasteiger partial charge is 0.262 e. The van der Waals surface area contributed by atoms with Crippen LogP contribution in [0.3, 0.4) is 0 Å². The molecule has 20 heavy (non-hydrogen) atoms. The summed E-state index contributed by atoms with van der Waals surface area (Å²) in [5.41, 5.74) is 7.59. The molecule has 6 heteroatoms. The molecule has 2 aromatic carbocycles. The lowest BCUT2D eigenvalue weighted by atomic mass is 10.1. The van der Waals surface area contributed by atoms with Crippen LogP contribution in [0.1, 0.15) is 11.1 Å². The van der Waals surface area contributed by atoms with Gasteiger partial charge in [-0.1, -0.05) is 12.1 Å². The van der Waals surface area contributed by atoms with Crippen LogP contribution in [-0.2, 0) is 16.6 Å². The fourth-order valence-corrected chi connectivity index (χ4v) is 3.50. The molecule has 0 aliphatic rings. The number of nitrogens with one attached hydrogen (secondary N) is 1. The third kappa shape index (κ3) is 3.50. The van der Waals surface area contributed by atoms with Gasteiger partial charge in [-0.25, -0.2) is 8.42 Å². The van der Waals surface area contributed by atoms with Crippen molar-refractivity contribution in [3.05, 3.63) is 57.2 Å². The van der Waals surface area contributed by atoms with Crippen molar-refractivity contribution in [1.29, 1.82) is 0 Å². The average molecular weight is 402 g/mol. The molecule has 0 heterocycles. The van der Waals surface area contributed by atoms with E-state index in [4.69, 9.17) is 5.73 Å². The van der Waals surface area contributed by atoms with Gasteiger partial charge in [-0.3, -0.25) is 4.72 Å². The van der Waals surface area contributed by atoms with E-state index in [1.54, 1.807) is 31.2 Å². The summed E-state index contributed by atoms with van der Waals surface area (Å²) < 4.78 is 28.5. The number of anilines is 1. The maximum absolute atomic E-state index is 12.4. The topological polar surface area (TPSA) is 72.2 Å². The van der Waals surface area contributed by atoms with Crippen LogP contribution in [0.2, 0.25) is 0 Å². The minimum absolute atomic E-state index is 0.263. The number of hydrogen-bond donors (Lipinski definition) is 2. The monoisotopic (exact) mass is 402 g/mol. The van der Waals surface area contributed by atoms with E-state index in [-0.39, 0.29) is 4.90 Å². The van der Waals surface area contributed by atoms with Gasteiger partial charge in [0.25, 0.3) is 10.0 Å². The highest BCUT2D eigenvalue weighted by Crippen LogP contribution is 2.21. The minimum Gasteiger partial charge on any atom is -0.326 e. The van der Waals surface area contributed by atoms with Crippen molar-refractivity contribution in [2.24, 2.45) is 5.73 Å². The largest absolute Gasteiger partial charge is 0.326 e. The van der Waals surface area contributed by atoms with E-state index in [9.17, 15) is 8.42 Å². The van der Waals surface area contributed by atoms with Gasteiger partial charge in [0, 0.05) is 15.8 Å². The zero-order valence-corrected chi connectivity index (χ0v) is 13.9. The number of aryl methyl sites for hydroxylation is 1. The van der Waals surface area contributed by atoms with Crippen LogP contribution < -0.4 is 10.5 Å². The van der Waals surface area contributed by atoms with Crippen molar-refractivity contribution in [2.45, 2.75) is 18.4 Å². The van der Waals surface area contributed by atoms with Crippen LogP contribution >= 0.6 is 22.6 Å². The molecule has 0 fully saturated rings. The number of nitrogens with two attached hydrogens (primary N) is 1. The Balaban J connectivity index is 2.37. The molecule has 106 valence electrons. The summed E-state index contributed by atoms with van der Waals surface area (Å²) in [6, 6.07) is 12.4. The summed E-state index contributed by atoms with van der Waals surface area (Å²) >= 11 is 2.17. The van der Waals surface area contributed by atoms with Crippen molar-refractivity contribution in [3.63, 3.8) is 0 Å². The first-order valence-corrected chi connectivity index (χ1v) is 8.56. The lowest BCUT2D eigenvalue weighted by Crippen LogP contribution is -2.15. The molecule has 0 radical (unpaired) electrons. The molecule has 2 rings (SSSR count). The van der Waals surface area contributed by atoms with Crippen molar-refractivity contribution in [2.75, 3.05) is 4.72 Å². The second kappa shape index (κ2) is 6.11. The normalized spacial score (nSPS) is 11.3. The van der Waals surface area contributed by atoms with E-state index in [2.05, 4.69) is 27.3 Å². The van der Waals surface area contributed by atoms with Gasteiger partial charge in [0.15, 0.2) is 0 Å². The summed E-state index contributed by atoms with van der Waals surface area (Å²) in [7, 11) is -3.60. The van der Waals surface area contributed by atoms with Crippen molar-refractivity contribution < 1.29 is 8.42 Å². The predicted octanol–water partition coefficient (Wildman–Crippen LogP) is 2.86. The molecular formula is C14H15IN2O2S. The van der Waals surface area contributed by atoms with Gasteiger partial charge in [-0.15, -0.1) is 0 Å². The average Bonchev–Trinajstić information content (AvgIpc) is 2.41. The van der Waals surface area contributed by atoms with Crippen molar-refractivity contribution in [3.8, 4) is 0 Å². The maximum Gasteiger partial charge on any atom is 0.262 e. The van der Waals surface area contributed by atoms with Crippen molar-refractivity contribution >= 4 is 38.3 Å². The molecule has 0 spiro atoms. The molecule has 0 saturated carbocycles. The maximum atomic E-state index is 12.4. The van der Waals surface area contributed by atoms with E-state index < -0.39 is 10.0 Å². The van der Waals surface area contributed by atoms with Crippen LogP contribution in [-0.4, -0.2) is 8.42 Å². The zero-order chi connectivity index (χ0) is 14.8. The molecule has 0 bridgehead atoms. The molecule has 3 N–H and O–H groups in total. The number of rotatable bonds is 4. The second-order valence-corrected chi connectivity index (χ2v) is 7.31. The summed E-state index contributed by atoms with van der Waals surface area (Å²) in [6.07, 6.45) is 0. The van der Waals surface area contributed by atoms with E-state index in [0.29, 0.717) is 17.8 Å². The highest BCUT2D eigenvalue weighted by Gasteiger charge is 2.17. The number of benzene rings is 2. The van der Waals surface area contributed by atoms with Crippen molar-refractivity contribution in [1.82, 2.24) is 0 Å². The summed E-state index contributed by atoms with van der Waals surface area (Å²) in [5.74, 6) is 0. The Hall–Kier alpha value is -1.12. The highest BCUT2D eigenvalue weighted by molar-refractivity contribution is 14.1. The van der Waals surface area contributed by atoms with Crippen LogP contribution in [0.15, 0.2) is 47.4 Å². The van der Waals surface area contributed by atoms with E-state index in [1.807, 2.05) is 18.2 Å². The Kier molecular flexibility index (Phi) is 4.66. The third-order valence-corrected chi connectivity index (χ3v) is 5.12. The summed E-state index contributed by atoms with van der Waals surface area (Å²) in [6.45, 7) is 2.08. The summed E-state index contributed by atoms with van der Waals surface area (Å²) in [5, 5.41) is 0. The highest BCUT2D eigenvalue weighted by atomic mass is 127. The standard InChI is InChI=1S/C14H15IN2O2S/c1-10-2-3-11(9-16)8-14(10)20(18,19)17-13-6-4-12(15)5-7-13/h2-8,17H,9,16H2,1H3. The van der Waals surface area contributed by atoms with Gasteiger partial charge in [-0.2, -0.15) is 0 Å². The SMILES string of the molecule is Cc1ccc(CN)cc1S(=O)(=O)Nc1ccc(I)cc1. The van der Waals surface area contributed by atoms with Gasteiger partial charge in [0.1, 0.15) is 0 Å². The van der Waals surface area contributed by atoms with Crippen LogP contribution in [0.4, 0.5) is 5.69 Å². The Morgan fingerprint density at radius 3 is 2.40 bits per heavy atom. The Labute approximate surface area is 132 Å². The lowest BCUT2D eigenvalue weighted by Gasteiger charge is -2.11. The van der Waals surface area contributed by atoms with Gasteiger partial charge in [0.2, 0.25) is 0 Å². The molecule has 0 amide bonds. The first-order valence-electron chi connectivity index (χ1n) is 6.00. The Bertz CT molecular complexity index is 712. The first-order chi connectivity index (χ1) is 9.42. The van der Waals surface area contributed by atoms with Crippen LogP contribution in [0.25, 0.3) is 0 Å². The third-order valence-electron chi connectivity index (χ3n) is 2.87. The van der Waals surface area contributed by atoms with Gasteiger partial charge >= 0.3 is 0 Å². The molecule has 0 unspecified atom stereocenters. The number of hydrogen-bond acceptors (Lipinski definition) is 3. The molecule has 0 aliphatic heterocycles. The zero-order valence-electron chi connectivity index (χ0n) is 10.9. The fourth-order valence-electron chi connectivity index (χ4n) is 1.79. The number of sulfonamides is 1. The van der Waals surface area contributed by atoms with Crippen LogP contribution in [0, 0.1) is 10.5 Å². The van der Waals surface area contributed by atoms with E-state index in [1.165, 1.54) is 0 Å². The molecule has 4 nitrogen and oxygen atoms in total. The second-order valence-electron chi connectivity index (χ2n) is 4.42. The van der Waals surface area contributed by atoms with E-state index >= 15 is 0 Å². The molecule has 2 aromatic rings. The number of halogens is 1.